The van der Waals surface area contributed by atoms with Crippen LogP contribution >= 0.6 is 0 Å². The van der Waals surface area contributed by atoms with E-state index >= 15 is 0 Å². The minimum Gasteiger partial charge on any atom is -0.359 e. The van der Waals surface area contributed by atoms with E-state index in [2.05, 4.69) is 34.9 Å². The zero-order valence-corrected chi connectivity index (χ0v) is 9.56. The van der Waals surface area contributed by atoms with Gasteiger partial charge in [0.1, 0.15) is 5.82 Å². The SMILES string of the molecule is CN1CCC(CN(C)c2ccccn2)C1. The van der Waals surface area contributed by atoms with Gasteiger partial charge in [0, 0.05) is 26.3 Å². The Morgan fingerprint density at radius 1 is 1.53 bits per heavy atom. The lowest BCUT2D eigenvalue weighted by atomic mass is 10.1. The second kappa shape index (κ2) is 4.62. The van der Waals surface area contributed by atoms with Gasteiger partial charge in [-0.3, -0.25) is 0 Å². The van der Waals surface area contributed by atoms with Crippen molar-refractivity contribution >= 4 is 5.82 Å². The lowest BCUT2D eigenvalue weighted by Gasteiger charge is -2.21. The molecule has 0 saturated carbocycles. The van der Waals surface area contributed by atoms with Gasteiger partial charge in [-0.1, -0.05) is 6.07 Å². The van der Waals surface area contributed by atoms with Crippen LogP contribution in [0.25, 0.3) is 0 Å². The average molecular weight is 205 g/mol. The first-order valence-corrected chi connectivity index (χ1v) is 5.56. The van der Waals surface area contributed by atoms with Crippen LogP contribution in [-0.4, -0.2) is 43.6 Å². The number of pyridine rings is 1. The van der Waals surface area contributed by atoms with E-state index in [9.17, 15) is 0 Å². The molecule has 1 aromatic rings. The van der Waals surface area contributed by atoms with Crippen molar-refractivity contribution in [3.8, 4) is 0 Å². The number of hydrogen-bond acceptors (Lipinski definition) is 3. The smallest absolute Gasteiger partial charge is 0.128 e. The van der Waals surface area contributed by atoms with Crippen molar-refractivity contribution < 1.29 is 0 Å². The van der Waals surface area contributed by atoms with Crippen LogP contribution in [0.2, 0.25) is 0 Å². The Hall–Kier alpha value is -1.09. The van der Waals surface area contributed by atoms with Gasteiger partial charge < -0.3 is 9.80 Å². The van der Waals surface area contributed by atoms with Crippen molar-refractivity contribution in [2.24, 2.45) is 5.92 Å². The molecule has 0 spiro atoms. The van der Waals surface area contributed by atoms with Crippen LogP contribution in [0, 0.1) is 5.92 Å². The van der Waals surface area contributed by atoms with Crippen molar-refractivity contribution in [2.75, 3.05) is 38.6 Å². The number of anilines is 1. The molecule has 1 atom stereocenters. The molecule has 1 aliphatic rings. The van der Waals surface area contributed by atoms with E-state index in [1.165, 1.54) is 19.5 Å². The number of rotatable bonds is 3. The molecule has 0 N–H and O–H groups in total. The quantitative estimate of drug-likeness (QED) is 0.745. The Kier molecular flexibility index (Phi) is 3.21. The molecule has 0 amide bonds. The molecule has 3 heteroatoms. The molecule has 1 unspecified atom stereocenters. The molecule has 1 aromatic heterocycles. The van der Waals surface area contributed by atoms with E-state index in [-0.39, 0.29) is 0 Å². The maximum absolute atomic E-state index is 4.35. The summed E-state index contributed by atoms with van der Waals surface area (Å²) in [6.07, 6.45) is 3.17. The van der Waals surface area contributed by atoms with Crippen LogP contribution in [-0.2, 0) is 0 Å². The molecule has 15 heavy (non-hydrogen) atoms. The highest BCUT2D eigenvalue weighted by Gasteiger charge is 2.20. The Bertz CT molecular complexity index is 299. The molecule has 1 fully saturated rings. The van der Waals surface area contributed by atoms with E-state index in [0.29, 0.717) is 0 Å². The minimum atomic E-state index is 0.794. The maximum atomic E-state index is 4.35. The predicted octanol–water partition coefficient (Wildman–Crippen LogP) is 1.47. The fourth-order valence-corrected chi connectivity index (χ4v) is 2.24. The maximum Gasteiger partial charge on any atom is 0.128 e. The van der Waals surface area contributed by atoms with Gasteiger partial charge in [-0.2, -0.15) is 0 Å². The molecule has 0 aliphatic carbocycles. The second-order valence-corrected chi connectivity index (χ2v) is 4.49. The van der Waals surface area contributed by atoms with Crippen molar-refractivity contribution in [2.45, 2.75) is 6.42 Å². The summed E-state index contributed by atoms with van der Waals surface area (Å²) < 4.78 is 0. The minimum absolute atomic E-state index is 0.794. The first-order chi connectivity index (χ1) is 7.25. The Labute approximate surface area is 91.7 Å². The molecule has 1 saturated heterocycles. The molecule has 0 aromatic carbocycles. The van der Waals surface area contributed by atoms with Gasteiger partial charge in [0.25, 0.3) is 0 Å². The number of hydrogen-bond donors (Lipinski definition) is 0. The summed E-state index contributed by atoms with van der Waals surface area (Å²) >= 11 is 0. The van der Waals surface area contributed by atoms with Crippen LogP contribution in [0.3, 0.4) is 0 Å². The highest BCUT2D eigenvalue weighted by molar-refractivity contribution is 5.36. The van der Waals surface area contributed by atoms with Crippen molar-refractivity contribution in [1.29, 1.82) is 0 Å². The topological polar surface area (TPSA) is 19.4 Å². The molecule has 2 rings (SSSR count). The van der Waals surface area contributed by atoms with E-state index in [4.69, 9.17) is 0 Å². The van der Waals surface area contributed by atoms with Gasteiger partial charge in [0.2, 0.25) is 0 Å². The second-order valence-electron chi connectivity index (χ2n) is 4.49. The molecule has 0 radical (unpaired) electrons. The Morgan fingerprint density at radius 3 is 3.00 bits per heavy atom. The molecular formula is C12H19N3. The van der Waals surface area contributed by atoms with Crippen LogP contribution in [0.5, 0.6) is 0 Å². The number of likely N-dealkylation sites (tertiary alicyclic amines) is 1. The monoisotopic (exact) mass is 205 g/mol. The summed E-state index contributed by atoms with van der Waals surface area (Å²) in [4.78, 5) is 9.01. The Morgan fingerprint density at radius 2 is 2.40 bits per heavy atom. The highest BCUT2D eigenvalue weighted by Crippen LogP contribution is 2.17. The zero-order valence-electron chi connectivity index (χ0n) is 9.56. The number of nitrogens with zero attached hydrogens (tertiary/aromatic N) is 3. The van der Waals surface area contributed by atoms with E-state index < -0.39 is 0 Å². The fourth-order valence-electron chi connectivity index (χ4n) is 2.24. The summed E-state index contributed by atoms with van der Waals surface area (Å²) in [5.74, 6) is 1.87. The predicted molar refractivity (Wildman–Crippen MR) is 63.1 cm³/mol. The van der Waals surface area contributed by atoms with E-state index in [1.807, 2.05) is 18.3 Å². The molecule has 1 aliphatic heterocycles. The third kappa shape index (κ3) is 2.69. The third-order valence-electron chi connectivity index (χ3n) is 3.06. The summed E-state index contributed by atoms with van der Waals surface area (Å²) in [7, 11) is 4.32. The molecule has 3 nitrogen and oxygen atoms in total. The van der Waals surface area contributed by atoms with Gasteiger partial charge in [0.15, 0.2) is 0 Å². The molecule has 2 heterocycles. The largest absolute Gasteiger partial charge is 0.359 e. The standard InChI is InChI=1S/C12H19N3/c1-14-8-6-11(9-14)10-15(2)12-5-3-4-7-13-12/h3-5,7,11H,6,8-10H2,1-2H3. The van der Waals surface area contributed by atoms with Crippen molar-refractivity contribution in [3.63, 3.8) is 0 Å². The van der Waals surface area contributed by atoms with Crippen LogP contribution in [0.1, 0.15) is 6.42 Å². The van der Waals surface area contributed by atoms with Crippen LogP contribution in [0.4, 0.5) is 5.82 Å². The summed E-state index contributed by atoms with van der Waals surface area (Å²) in [5, 5.41) is 0. The lowest BCUT2D eigenvalue weighted by Crippen LogP contribution is -2.27. The zero-order chi connectivity index (χ0) is 10.7. The lowest BCUT2D eigenvalue weighted by molar-refractivity contribution is 0.395. The first kappa shape index (κ1) is 10.4. The average Bonchev–Trinajstić information content (AvgIpc) is 2.65. The summed E-state index contributed by atoms with van der Waals surface area (Å²) in [6.45, 7) is 3.57. The van der Waals surface area contributed by atoms with Crippen molar-refractivity contribution in [3.05, 3.63) is 24.4 Å². The van der Waals surface area contributed by atoms with E-state index in [1.54, 1.807) is 0 Å². The van der Waals surface area contributed by atoms with Crippen molar-refractivity contribution in [1.82, 2.24) is 9.88 Å². The van der Waals surface area contributed by atoms with Gasteiger partial charge in [-0.25, -0.2) is 4.98 Å². The summed E-state index contributed by atoms with van der Waals surface area (Å²) in [6, 6.07) is 6.07. The number of aromatic nitrogens is 1. The first-order valence-electron chi connectivity index (χ1n) is 5.56. The Balaban J connectivity index is 1.90. The molecule has 82 valence electrons. The summed E-state index contributed by atoms with van der Waals surface area (Å²) in [5.41, 5.74) is 0. The fraction of sp³-hybridized carbons (Fsp3) is 0.583. The van der Waals surface area contributed by atoms with Crippen LogP contribution in [0.15, 0.2) is 24.4 Å². The van der Waals surface area contributed by atoms with Gasteiger partial charge in [0.05, 0.1) is 0 Å². The van der Waals surface area contributed by atoms with Gasteiger partial charge in [-0.05, 0) is 38.1 Å². The van der Waals surface area contributed by atoms with E-state index in [0.717, 1.165) is 18.3 Å². The normalized spacial score (nSPS) is 21.9. The molecular weight excluding hydrogens is 186 g/mol. The van der Waals surface area contributed by atoms with Crippen LogP contribution < -0.4 is 4.90 Å². The molecule has 0 bridgehead atoms. The highest BCUT2D eigenvalue weighted by atomic mass is 15.2. The van der Waals surface area contributed by atoms with Gasteiger partial charge >= 0.3 is 0 Å². The third-order valence-corrected chi connectivity index (χ3v) is 3.06. The van der Waals surface area contributed by atoms with Gasteiger partial charge in [-0.15, -0.1) is 0 Å².